The Bertz CT molecular complexity index is 846. The van der Waals surface area contributed by atoms with E-state index in [9.17, 15) is 4.79 Å². The molecular weight excluding hydrogens is 276 g/mol. The van der Waals surface area contributed by atoms with Gasteiger partial charge in [-0.05, 0) is 30.3 Å². The summed E-state index contributed by atoms with van der Waals surface area (Å²) in [6.07, 6.45) is 6.76. The first-order valence-corrected chi connectivity index (χ1v) is 6.62. The van der Waals surface area contributed by atoms with Crippen LogP contribution in [-0.2, 0) is 0 Å². The molecule has 0 aliphatic carbocycles. The fraction of sp³-hybridized carbons (Fsp3) is 0. The van der Waals surface area contributed by atoms with E-state index in [1.54, 1.807) is 24.3 Å². The number of amides is 1. The lowest BCUT2D eigenvalue weighted by Crippen LogP contribution is -2.13. The van der Waals surface area contributed by atoms with Crippen molar-refractivity contribution in [2.45, 2.75) is 0 Å². The van der Waals surface area contributed by atoms with Gasteiger partial charge in [-0.25, -0.2) is 0 Å². The molecule has 0 bridgehead atoms. The second-order valence-electron chi connectivity index (χ2n) is 4.53. The number of hydrogen-bond acceptors (Lipinski definition) is 3. The van der Waals surface area contributed by atoms with Crippen molar-refractivity contribution in [3.05, 3.63) is 72.1 Å². The normalized spacial score (nSPS) is 9.95. The summed E-state index contributed by atoms with van der Waals surface area (Å²) in [5.41, 5.74) is 2.34. The van der Waals surface area contributed by atoms with Gasteiger partial charge in [-0.1, -0.05) is 30.2 Å². The second-order valence-corrected chi connectivity index (χ2v) is 4.53. The van der Waals surface area contributed by atoms with Crippen LogP contribution in [0.2, 0.25) is 0 Å². The third kappa shape index (κ3) is 2.86. The smallest absolute Gasteiger partial charge is 0.277 e. The van der Waals surface area contributed by atoms with Gasteiger partial charge in [0.15, 0.2) is 5.69 Å². The zero-order valence-corrected chi connectivity index (χ0v) is 11.6. The van der Waals surface area contributed by atoms with Gasteiger partial charge in [-0.15, -0.1) is 11.5 Å². The number of para-hydroxylation sites is 1. The highest BCUT2D eigenvalue weighted by atomic mass is 16.2. The maximum absolute atomic E-state index is 12.2. The average Bonchev–Trinajstić information content (AvgIpc) is 3.06. The van der Waals surface area contributed by atoms with Crippen LogP contribution in [0.3, 0.4) is 0 Å². The van der Waals surface area contributed by atoms with Crippen molar-refractivity contribution in [1.82, 2.24) is 15.0 Å². The summed E-state index contributed by atoms with van der Waals surface area (Å²) in [6, 6.07) is 16.4. The van der Waals surface area contributed by atoms with Crippen LogP contribution in [0.25, 0.3) is 5.69 Å². The molecule has 3 aromatic rings. The van der Waals surface area contributed by atoms with Gasteiger partial charge in [0.2, 0.25) is 0 Å². The molecule has 22 heavy (non-hydrogen) atoms. The van der Waals surface area contributed by atoms with Crippen LogP contribution < -0.4 is 5.32 Å². The number of carbonyl (C=O) groups excluding carboxylic acids is 1. The summed E-state index contributed by atoms with van der Waals surface area (Å²) in [6.45, 7) is 0. The lowest BCUT2D eigenvalue weighted by atomic mass is 10.2. The van der Waals surface area contributed by atoms with Gasteiger partial charge in [0.25, 0.3) is 5.91 Å². The van der Waals surface area contributed by atoms with Crippen molar-refractivity contribution >= 4 is 11.6 Å². The first-order valence-electron chi connectivity index (χ1n) is 6.62. The molecule has 0 saturated heterocycles. The number of anilines is 1. The molecule has 0 aliphatic heterocycles. The van der Waals surface area contributed by atoms with E-state index in [-0.39, 0.29) is 11.6 Å². The van der Waals surface area contributed by atoms with Crippen LogP contribution in [0, 0.1) is 12.3 Å². The van der Waals surface area contributed by atoms with E-state index in [1.807, 2.05) is 30.3 Å². The average molecular weight is 288 g/mol. The number of benzene rings is 2. The Hall–Kier alpha value is -3.39. The van der Waals surface area contributed by atoms with Crippen LogP contribution >= 0.6 is 0 Å². The number of hydrogen-bond donors (Lipinski definition) is 1. The second kappa shape index (κ2) is 5.94. The highest BCUT2D eigenvalue weighted by Gasteiger charge is 2.11. The number of aromatic nitrogens is 3. The van der Waals surface area contributed by atoms with Crippen LogP contribution in [0.15, 0.2) is 60.8 Å². The van der Waals surface area contributed by atoms with Gasteiger partial charge in [0.05, 0.1) is 11.9 Å². The molecule has 1 heterocycles. The first-order chi connectivity index (χ1) is 10.8. The number of carbonyl (C=O) groups is 1. The fourth-order valence-corrected chi connectivity index (χ4v) is 1.93. The van der Waals surface area contributed by atoms with Crippen LogP contribution in [-0.4, -0.2) is 20.9 Å². The van der Waals surface area contributed by atoms with Gasteiger partial charge < -0.3 is 5.32 Å². The van der Waals surface area contributed by atoms with Crippen molar-refractivity contribution < 1.29 is 4.79 Å². The molecule has 0 spiro atoms. The number of rotatable bonds is 3. The maximum atomic E-state index is 12.2. The zero-order valence-electron chi connectivity index (χ0n) is 11.6. The highest BCUT2D eigenvalue weighted by Crippen LogP contribution is 2.11. The van der Waals surface area contributed by atoms with E-state index < -0.39 is 0 Å². The minimum absolute atomic E-state index is 0.231. The molecule has 1 N–H and O–H groups in total. The Morgan fingerprint density at radius 3 is 2.73 bits per heavy atom. The zero-order chi connectivity index (χ0) is 15.4. The van der Waals surface area contributed by atoms with Crippen molar-refractivity contribution in [2.75, 3.05) is 5.32 Å². The minimum Gasteiger partial charge on any atom is -0.321 e. The molecule has 2 aromatic carbocycles. The molecule has 5 nitrogen and oxygen atoms in total. The molecule has 106 valence electrons. The van der Waals surface area contributed by atoms with Gasteiger partial charge in [0, 0.05) is 11.3 Å². The minimum atomic E-state index is -0.337. The van der Waals surface area contributed by atoms with Gasteiger partial charge in [-0.3, -0.25) is 4.79 Å². The molecule has 1 aromatic heterocycles. The van der Waals surface area contributed by atoms with E-state index >= 15 is 0 Å². The Morgan fingerprint density at radius 2 is 1.95 bits per heavy atom. The van der Waals surface area contributed by atoms with Gasteiger partial charge in [0.1, 0.15) is 0 Å². The van der Waals surface area contributed by atoms with Crippen molar-refractivity contribution in [2.24, 2.45) is 0 Å². The predicted octanol–water partition coefficient (Wildman–Crippen LogP) is 2.50. The van der Waals surface area contributed by atoms with Crippen LogP contribution in [0.1, 0.15) is 16.1 Å². The SMILES string of the molecule is C#Cc1cccc(NC(=O)c2cnn(-c3ccccc3)n2)c1. The van der Waals surface area contributed by atoms with Crippen molar-refractivity contribution in [1.29, 1.82) is 0 Å². The van der Waals surface area contributed by atoms with Crippen molar-refractivity contribution in [3.63, 3.8) is 0 Å². The van der Waals surface area contributed by atoms with E-state index in [0.29, 0.717) is 11.3 Å². The summed E-state index contributed by atoms with van der Waals surface area (Å²) in [7, 11) is 0. The van der Waals surface area contributed by atoms with Crippen LogP contribution in [0.5, 0.6) is 0 Å². The Morgan fingerprint density at radius 1 is 1.14 bits per heavy atom. The summed E-state index contributed by atoms with van der Waals surface area (Å²) in [5, 5.41) is 11.0. The molecule has 0 aliphatic rings. The van der Waals surface area contributed by atoms with E-state index in [4.69, 9.17) is 6.42 Å². The molecule has 3 rings (SSSR count). The summed E-state index contributed by atoms with van der Waals surface area (Å²) in [5.74, 6) is 2.19. The van der Waals surface area contributed by atoms with E-state index in [0.717, 1.165) is 5.69 Å². The number of nitrogens with zero attached hydrogens (tertiary/aromatic N) is 3. The van der Waals surface area contributed by atoms with Crippen molar-refractivity contribution in [3.8, 4) is 18.0 Å². The Kier molecular flexibility index (Phi) is 3.67. The topological polar surface area (TPSA) is 59.8 Å². The van der Waals surface area contributed by atoms with Crippen LogP contribution in [0.4, 0.5) is 5.69 Å². The molecule has 0 unspecified atom stereocenters. The standard InChI is InChI=1S/C17H12N4O/c1-2-13-7-6-8-14(11-13)19-17(22)16-12-18-21(20-16)15-9-4-3-5-10-15/h1,3-12H,(H,19,22). The summed E-state index contributed by atoms with van der Waals surface area (Å²) < 4.78 is 0. The summed E-state index contributed by atoms with van der Waals surface area (Å²) in [4.78, 5) is 13.6. The monoisotopic (exact) mass is 288 g/mol. The summed E-state index contributed by atoms with van der Waals surface area (Å²) >= 11 is 0. The predicted molar refractivity (Wildman–Crippen MR) is 83.7 cm³/mol. The van der Waals surface area contributed by atoms with Gasteiger partial charge in [-0.2, -0.15) is 9.90 Å². The molecular formula is C17H12N4O. The Labute approximate surface area is 127 Å². The maximum Gasteiger partial charge on any atom is 0.277 e. The largest absolute Gasteiger partial charge is 0.321 e. The third-order valence-corrected chi connectivity index (χ3v) is 3.00. The number of terminal acetylenes is 1. The lowest BCUT2D eigenvalue weighted by molar-refractivity contribution is 0.102. The third-order valence-electron chi connectivity index (χ3n) is 3.00. The van der Waals surface area contributed by atoms with Gasteiger partial charge >= 0.3 is 0 Å². The lowest BCUT2D eigenvalue weighted by Gasteiger charge is -2.03. The molecule has 0 saturated carbocycles. The fourth-order valence-electron chi connectivity index (χ4n) is 1.93. The first kappa shape index (κ1) is 13.6. The van der Waals surface area contributed by atoms with E-state index in [2.05, 4.69) is 21.4 Å². The number of nitrogens with one attached hydrogen (secondary N) is 1. The molecule has 5 heteroatoms. The van der Waals surface area contributed by atoms with E-state index in [1.165, 1.54) is 11.0 Å². The molecule has 0 fully saturated rings. The highest BCUT2D eigenvalue weighted by molar-refractivity contribution is 6.02. The molecule has 0 radical (unpaired) electrons. The molecule has 1 amide bonds. The quantitative estimate of drug-likeness (QED) is 0.753. The molecule has 0 atom stereocenters. The Balaban J connectivity index is 1.79.